The Kier molecular flexibility index (Phi) is 9.06. The van der Waals surface area contributed by atoms with Crippen molar-refractivity contribution in [3.05, 3.63) is 65.5 Å². The highest BCUT2D eigenvalue weighted by molar-refractivity contribution is 5.29. The zero-order valence-electron chi connectivity index (χ0n) is 15.3. The van der Waals surface area contributed by atoms with Crippen LogP contribution in [0.1, 0.15) is 56.6 Å². The van der Waals surface area contributed by atoms with Gasteiger partial charge in [-0.3, -0.25) is 0 Å². The molecule has 0 fully saturated rings. The second-order valence-electron chi connectivity index (χ2n) is 6.47. The average Bonchev–Trinajstić information content (AvgIpc) is 2.64. The number of halogens is 1. The van der Waals surface area contributed by atoms with Crippen LogP contribution in [0.5, 0.6) is 5.75 Å². The molecule has 0 atom stereocenters. The van der Waals surface area contributed by atoms with Gasteiger partial charge >= 0.3 is 0 Å². The molecule has 0 aromatic heterocycles. The molecule has 0 saturated heterocycles. The fourth-order valence-corrected chi connectivity index (χ4v) is 2.78. The van der Waals surface area contributed by atoms with Crippen LogP contribution in [0.4, 0.5) is 4.39 Å². The Morgan fingerprint density at radius 1 is 0.920 bits per heavy atom. The van der Waals surface area contributed by atoms with E-state index in [0.717, 1.165) is 18.8 Å². The van der Waals surface area contributed by atoms with Crippen molar-refractivity contribution in [3.63, 3.8) is 0 Å². The largest absolute Gasteiger partial charge is 0.489 e. The number of nitrogens with one attached hydrogen (secondary N) is 1. The van der Waals surface area contributed by atoms with Crippen LogP contribution >= 0.6 is 0 Å². The molecule has 0 heterocycles. The van der Waals surface area contributed by atoms with Gasteiger partial charge in [-0.25, -0.2) is 4.39 Å². The van der Waals surface area contributed by atoms with E-state index in [0.29, 0.717) is 5.56 Å². The lowest BCUT2D eigenvalue weighted by atomic mass is 10.1. The maximum absolute atomic E-state index is 13.6. The summed E-state index contributed by atoms with van der Waals surface area (Å²) in [7, 11) is 0. The fourth-order valence-electron chi connectivity index (χ4n) is 2.78. The minimum Gasteiger partial charge on any atom is -0.489 e. The van der Waals surface area contributed by atoms with Crippen LogP contribution in [-0.2, 0) is 13.2 Å². The van der Waals surface area contributed by atoms with E-state index in [2.05, 4.69) is 18.3 Å². The van der Waals surface area contributed by atoms with Gasteiger partial charge in [0.25, 0.3) is 0 Å². The summed E-state index contributed by atoms with van der Waals surface area (Å²) in [5.41, 5.74) is 1.77. The monoisotopic (exact) mass is 343 g/mol. The fraction of sp³-hybridized carbons (Fsp3) is 0.455. The topological polar surface area (TPSA) is 21.3 Å². The first-order chi connectivity index (χ1) is 12.3. The molecule has 0 unspecified atom stereocenters. The maximum Gasteiger partial charge on any atom is 0.129 e. The summed E-state index contributed by atoms with van der Waals surface area (Å²) in [5, 5.41) is 3.49. The molecule has 136 valence electrons. The molecule has 2 rings (SSSR count). The van der Waals surface area contributed by atoms with Gasteiger partial charge in [0.2, 0.25) is 0 Å². The van der Waals surface area contributed by atoms with Crippen LogP contribution in [0.3, 0.4) is 0 Å². The predicted octanol–water partition coefficient (Wildman–Crippen LogP) is 5.85. The lowest BCUT2D eigenvalue weighted by molar-refractivity contribution is 0.299. The van der Waals surface area contributed by atoms with Crippen LogP contribution in [-0.4, -0.2) is 6.54 Å². The van der Waals surface area contributed by atoms with Crippen LogP contribution in [0.15, 0.2) is 48.5 Å². The van der Waals surface area contributed by atoms with Crippen molar-refractivity contribution in [2.24, 2.45) is 0 Å². The third kappa shape index (κ3) is 7.70. The molecule has 0 radical (unpaired) electrons. The number of benzene rings is 2. The smallest absolute Gasteiger partial charge is 0.129 e. The Balaban J connectivity index is 1.67. The molecule has 1 N–H and O–H groups in total. The third-order valence-corrected chi connectivity index (χ3v) is 4.29. The molecule has 0 aliphatic heterocycles. The molecule has 2 nitrogen and oxygen atoms in total. The van der Waals surface area contributed by atoms with E-state index in [9.17, 15) is 4.39 Å². The van der Waals surface area contributed by atoms with E-state index in [1.165, 1.54) is 50.2 Å². The first kappa shape index (κ1) is 19.5. The van der Waals surface area contributed by atoms with Crippen LogP contribution < -0.4 is 10.1 Å². The molecular formula is C22H30FNO. The van der Waals surface area contributed by atoms with Gasteiger partial charge < -0.3 is 10.1 Å². The van der Waals surface area contributed by atoms with E-state index in [-0.39, 0.29) is 12.4 Å². The molecule has 0 amide bonds. The van der Waals surface area contributed by atoms with Crippen molar-refractivity contribution in [1.82, 2.24) is 5.32 Å². The SMILES string of the molecule is CCCCCCCCNCc1cccc(OCc2ccccc2F)c1. The van der Waals surface area contributed by atoms with Crippen LogP contribution in [0.2, 0.25) is 0 Å². The highest BCUT2D eigenvalue weighted by Crippen LogP contribution is 2.16. The van der Waals surface area contributed by atoms with E-state index in [1.54, 1.807) is 12.1 Å². The number of unbranched alkanes of at least 4 members (excludes halogenated alkanes) is 5. The summed E-state index contributed by atoms with van der Waals surface area (Å²) >= 11 is 0. The molecule has 3 heteroatoms. The summed E-state index contributed by atoms with van der Waals surface area (Å²) in [6, 6.07) is 14.7. The maximum atomic E-state index is 13.6. The van der Waals surface area contributed by atoms with Gasteiger partial charge in [0.15, 0.2) is 0 Å². The molecule has 0 bridgehead atoms. The highest BCUT2D eigenvalue weighted by Gasteiger charge is 2.02. The van der Waals surface area contributed by atoms with Gasteiger partial charge in [-0.05, 0) is 36.7 Å². The first-order valence-corrected chi connectivity index (χ1v) is 9.45. The van der Waals surface area contributed by atoms with Gasteiger partial charge in [0.1, 0.15) is 18.2 Å². The van der Waals surface area contributed by atoms with E-state index < -0.39 is 0 Å². The Hall–Kier alpha value is -1.87. The number of hydrogen-bond acceptors (Lipinski definition) is 2. The van der Waals surface area contributed by atoms with Crippen molar-refractivity contribution >= 4 is 0 Å². The zero-order chi connectivity index (χ0) is 17.7. The highest BCUT2D eigenvalue weighted by atomic mass is 19.1. The van der Waals surface area contributed by atoms with Crippen molar-refractivity contribution in [2.45, 2.75) is 58.6 Å². The molecule has 2 aromatic carbocycles. The van der Waals surface area contributed by atoms with Crippen LogP contribution in [0.25, 0.3) is 0 Å². The molecule has 2 aromatic rings. The molecule has 0 aliphatic carbocycles. The van der Waals surface area contributed by atoms with E-state index in [4.69, 9.17) is 4.74 Å². The van der Waals surface area contributed by atoms with E-state index >= 15 is 0 Å². The van der Waals surface area contributed by atoms with Gasteiger partial charge in [0.05, 0.1) is 0 Å². The number of hydrogen-bond donors (Lipinski definition) is 1. The molecule has 25 heavy (non-hydrogen) atoms. The molecule has 0 aliphatic rings. The first-order valence-electron chi connectivity index (χ1n) is 9.45. The number of ether oxygens (including phenoxy) is 1. The van der Waals surface area contributed by atoms with E-state index in [1.807, 2.05) is 24.3 Å². The van der Waals surface area contributed by atoms with Crippen molar-refractivity contribution in [2.75, 3.05) is 6.54 Å². The summed E-state index contributed by atoms with van der Waals surface area (Å²) < 4.78 is 19.3. The lowest BCUT2D eigenvalue weighted by Gasteiger charge is -2.10. The van der Waals surface area contributed by atoms with Crippen LogP contribution in [0, 0.1) is 5.82 Å². The average molecular weight is 343 g/mol. The summed E-state index contributed by atoms with van der Waals surface area (Å²) in [6.07, 6.45) is 7.89. The Bertz CT molecular complexity index is 614. The summed E-state index contributed by atoms with van der Waals surface area (Å²) in [6.45, 7) is 4.38. The van der Waals surface area contributed by atoms with Gasteiger partial charge in [0, 0.05) is 12.1 Å². The molecular weight excluding hydrogens is 313 g/mol. The van der Waals surface area contributed by atoms with Crippen molar-refractivity contribution in [1.29, 1.82) is 0 Å². The Morgan fingerprint density at radius 2 is 1.72 bits per heavy atom. The van der Waals surface area contributed by atoms with Gasteiger partial charge in [-0.15, -0.1) is 0 Å². The molecule has 0 spiro atoms. The standard InChI is InChI=1S/C22H30FNO/c1-2-3-4-5-6-9-15-24-17-19-11-10-13-21(16-19)25-18-20-12-7-8-14-22(20)23/h7-8,10-14,16,24H,2-6,9,15,17-18H2,1H3. The number of rotatable bonds is 12. The minimum atomic E-state index is -0.223. The van der Waals surface area contributed by atoms with Gasteiger partial charge in [-0.2, -0.15) is 0 Å². The van der Waals surface area contributed by atoms with Gasteiger partial charge in [-0.1, -0.05) is 69.4 Å². The second kappa shape index (κ2) is 11.6. The molecule has 0 saturated carbocycles. The van der Waals surface area contributed by atoms with Crippen molar-refractivity contribution in [3.8, 4) is 5.75 Å². The summed E-state index contributed by atoms with van der Waals surface area (Å²) in [4.78, 5) is 0. The van der Waals surface area contributed by atoms with Crippen molar-refractivity contribution < 1.29 is 9.13 Å². The third-order valence-electron chi connectivity index (χ3n) is 4.29. The lowest BCUT2D eigenvalue weighted by Crippen LogP contribution is -2.14. The second-order valence-corrected chi connectivity index (χ2v) is 6.47. The Morgan fingerprint density at radius 3 is 2.56 bits per heavy atom. The quantitative estimate of drug-likeness (QED) is 0.488. The Labute approximate surface area is 151 Å². The predicted molar refractivity (Wildman–Crippen MR) is 102 cm³/mol. The normalized spacial score (nSPS) is 10.8. The zero-order valence-corrected chi connectivity index (χ0v) is 15.3. The minimum absolute atomic E-state index is 0.223. The summed E-state index contributed by atoms with van der Waals surface area (Å²) in [5.74, 6) is 0.557.